The van der Waals surface area contributed by atoms with Gasteiger partial charge in [0.1, 0.15) is 6.61 Å². The molecule has 2 aromatic rings. The maximum Gasteiger partial charge on any atom is 0.379 e. The highest BCUT2D eigenvalue weighted by molar-refractivity contribution is 14.1. The van der Waals surface area contributed by atoms with Crippen molar-refractivity contribution in [1.29, 1.82) is 0 Å². The van der Waals surface area contributed by atoms with E-state index in [0.29, 0.717) is 0 Å². The van der Waals surface area contributed by atoms with Crippen LogP contribution in [0.15, 0.2) is 54.6 Å². The summed E-state index contributed by atoms with van der Waals surface area (Å²) < 4.78 is 11.6. The van der Waals surface area contributed by atoms with Crippen LogP contribution in [0, 0.1) is 3.57 Å². The van der Waals surface area contributed by atoms with E-state index in [1.165, 1.54) is 14.7 Å². The second-order valence-electron chi connectivity index (χ2n) is 6.45. The maximum atomic E-state index is 11.0. The van der Waals surface area contributed by atoms with Gasteiger partial charge >= 0.3 is 5.97 Å². The second kappa shape index (κ2) is 8.77. The number of halogens is 1. The maximum absolute atomic E-state index is 11.0. The molecule has 136 valence electrons. The van der Waals surface area contributed by atoms with Crippen LogP contribution in [0.5, 0.6) is 0 Å². The Morgan fingerprint density at radius 2 is 1.42 bits per heavy atom. The van der Waals surface area contributed by atoms with Crippen LogP contribution < -0.4 is 0 Å². The number of hydrogen-bond acceptors (Lipinski definition) is 4. The number of esters is 1. The number of ketones is 1. The van der Waals surface area contributed by atoms with E-state index in [4.69, 9.17) is 9.47 Å². The summed E-state index contributed by atoms with van der Waals surface area (Å²) >= 11 is 2.32. The number of benzene rings is 2. The fourth-order valence-corrected chi connectivity index (χ4v) is 3.48. The Labute approximate surface area is 167 Å². The van der Waals surface area contributed by atoms with Gasteiger partial charge in [0.25, 0.3) is 5.78 Å². The number of ether oxygens (including phenoxy) is 2. The molecular weight excluding hydrogens is 443 g/mol. The summed E-state index contributed by atoms with van der Waals surface area (Å²) in [5.41, 5.74) is 2.56. The van der Waals surface area contributed by atoms with Gasteiger partial charge in [-0.1, -0.05) is 48.9 Å². The van der Waals surface area contributed by atoms with Crippen molar-refractivity contribution in [2.75, 3.05) is 6.61 Å². The van der Waals surface area contributed by atoms with E-state index >= 15 is 0 Å². The van der Waals surface area contributed by atoms with Crippen molar-refractivity contribution in [2.45, 2.75) is 37.9 Å². The molecule has 1 aliphatic heterocycles. The van der Waals surface area contributed by atoms with E-state index < -0.39 is 17.5 Å². The molecule has 0 atom stereocenters. The summed E-state index contributed by atoms with van der Waals surface area (Å²) in [6.45, 7) is -0.112. The fourth-order valence-electron chi connectivity index (χ4n) is 3.12. The first-order valence-electron chi connectivity index (χ1n) is 8.79. The van der Waals surface area contributed by atoms with Crippen LogP contribution in [0.3, 0.4) is 0 Å². The number of rotatable bonds is 1. The molecule has 0 bridgehead atoms. The molecule has 1 spiro atoms. The van der Waals surface area contributed by atoms with Gasteiger partial charge in [-0.25, -0.2) is 4.79 Å². The average molecular weight is 464 g/mol. The largest absolute Gasteiger partial charge is 0.427 e. The summed E-state index contributed by atoms with van der Waals surface area (Å²) in [6.07, 6.45) is 4.61. The topological polar surface area (TPSA) is 52.6 Å². The number of hydrogen-bond donors (Lipinski definition) is 0. The smallest absolute Gasteiger partial charge is 0.379 e. The quantitative estimate of drug-likeness (QED) is 0.348. The fraction of sp³-hybridized carbons (Fsp3) is 0.333. The van der Waals surface area contributed by atoms with Crippen LogP contribution in [0.1, 0.15) is 32.1 Å². The van der Waals surface area contributed by atoms with E-state index in [1.54, 1.807) is 0 Å². The van der Waals surface area contributed by atoms with Crippen molar-refractivity contribution < 1.29 is 19.1 Å². The highest BCUT2D eigenvalue weighted by atomic mass is 127. The predicted octanol–water partition coefficient (Wildman–Crippen LogP) is 4.75. The zero-order valence-corrected chi connectivity index (χ0v) is 16.6. The van der Waals surface area contributed by atoms with Crippen LogP contribution >= 0.6 is 22.6 Å². The standard InChI is InChI=1S/C12H9I.C9H12O4/c13-12-8-6-11(7-9-12)10-4-2-1-3-5-10;10-7-6-12-9(13-8(7)11)4-2-1-3-5-9/h1-9H;1-6H2. The molecule has 0 radical (unpaired) electrons. The lowest BCUT2D eigenvalue weighted by atomic mass is 9.93. The molecule has 1 saturated carbocycles. The van der Waals surface area contributed by atoms with E-state index in [0.717, 1.165) is 32.1 Å². The molecule has 2 aliphatic rings. The summed E-state index contributed by atoms with van der Waals surface area (Å²) in [6, 6.07) is 19.0. The molecule has 4 nitrogen and oxygen atoms in total. The van der Waals surface area contributed by atoms with Crippen LogP contribution in [0.2, 0.25) is 0 Å². The van der Waals surface area contributed by atoms with Gasteiger partial charge in [0.15, 0.2) is 0 Å². The number of carbonyl (C=O) groups is 2. The Morgan fingerprint density at radius 3 is 2.04 bits per heavy atom. The molecule has 2 fully saturated rings. The van der Waals surface area contributed by atoms with Gasteiger partial charge < -0.3 is 9.47 Å². The third-order valence-electron chi connectivity index (χ3n) is 4.54. The lowest BCUT2D eigenvalue weighted by Crippen LogP contribution is -2.48. The lowest BCUT2D eigenvalue weighted by molar-refractivity contribution is -0.256. The molecule has 5 heteroatoms. The summed E-state index contributed by atoms with van der Waals surface area (Å²) in [5.74, 6) is -2.06. The van der Waals surface area contributed by atoms with Gasteiger partial charge in [-0.2, -0.15) is 0 Å². The van der Waals surface area contributed by atoms with Gasteiger partial charge in [0.2, 0.25) is 5.79 Å². The van der Waals surface area contributed by atoms with Crippen molar-refractivity contribution >= 4 is 34.3 Å². The Kier molecular flexibility index (Phi) is 6.43. The summed E-state index contributed by atoms with van der Waals surface area (Å²) in [4.78, 5) is 21.8. The molecule has 0 amide bonds. The minimum absolute atomic E-state index is 0.112. The first kappa shape index (κ1) is 19.0. The monoisotopic (exact) mass is 464 g/mol. The molecule has 0 aromatic heterocycles. The zero-order valence-electron chi connectivity index (χ0n) is 14.4. The molecule has 4 rings (SSSR count). The highest BCUT2D eigenvalue weighted by Gasteiger charge is 2.43. The van der Waals surface area contributed by atoms with Crippen molar-refractivity contribution in [1.82, 2.24) is 0 Å². The van der Waals surface area contributed by atoms with E-state index in [1.807, 2.05) is 6.07 Å². The van der Waals surface area contributed by atoms with Crippen LogP contribution in [-0.2, 0) is 19.1 Å². The Balaban J connectivity index is 0.000000151. The van der Waals surface area contributed by atoms with Gasteiger partial charge in [-0.15, -0.1) is 0 Å². The molecule has 1 aliphatic carbocycles. The average Bonchev–Trinajstić information content (AvgIpc) is 2.68. The van der Waals surface area contributed by atoms with Gasteiger partial charge in [0, 0.05) is 16.4 Å². The lowest BCUT2D eigenvalue weighted by Gasteiger charge is -2.38. The molecule has 2 aromatic carbocycles. The van der Waals surface area contributed by atoms with Gasteiger partial charge in [-0.05, 0) is 58.7 Å². The normalized spacial score (nSPS) is 18.7. The van der Waals surface area contributed by atoms with Crippen LogP contribution in [0.4, 0.5) is 0 Å². The van der Waals surface area contributed by atoms with Crippen molar-refractivity contribution in [3.8, 4) is 11.1 Å². The Bertz CT molecular complexity index is 749. The SMILES string of the molecule is Ic1ccc(-c2ccccc2)cc1.O=C1COC2(CCCCC2)OC1=O. The molecule has 0 unspecified atom stereocenters. The van der Waals surface area contributed by atoms with Crippen molar-refractivity contribution in [3.63, 3.8) is 0 Å². The molecule has 26 heavy (non-hydrogen) atoms. The van der Waals surface area contributed by atoms with Gasteiger partial charge in [-0.3, -0.25) is 4.79 Å². The Morgan fingerprint density at radius 1 is 0.808 bits per heavy atom. The first-order valence-corrected chi connectivity index (χ1v) is 9.87. The second-order valence-corrected chi connectivity index (χ2v) is 7.69. The van der Waals surface area contributed by atoms with E-state index in [9.17, 15) is 9.59 Å². The Hall–Kier alpha value is -1.73. The molecule has 1 saturated heterocycles. The van der Waals surface area contributed by atoms with Crippen LogP contribution in [-0.4, -0.2) is 24.1 Å². The minimum Gasteiger partial charge on any atom is -0.427 e. The molecule has 0 N–H and O–H groups in total. The third-order valence-corrected chi connectivity index (χ3v) is 5.26. The summed E-state index contributed by atoms with van der Waals surface area (Å²) in [7, 11) is 0. The minimum atomic E-state index is -0.761. The van der Waals surface area contributed by atoms with Crippen LogP contribution in [0.25, 0.3) is 11.1 Å². The van der Waals surface area contributed by atoms with E-state index in [-0.39, 0.29) is 6.61 Å². The summed E-state index contributed by atoms with van der Waals surface area (Å²) in [5, 5.41) is 0. The van der Waals surface area contributed by atoms with Gasteiger partial charge in [0.05, 0.1) is 0 Å². The predicted molar refractivity (Wildman–Crippen MR) is 107 cm³/mol. The molecular formula is C21H21IO4. The third kappa shape index (κ3) is 4.92. The molecule has 1 heterocycles. The van der Waals surface area contributed by atoms with Crippen molar-refractivity contribution in [3.05, 3.63) is 58.2 Å². The first-order chi connectivity index (χ1) is 12.6. The van der Waals surface area contributed by atoms with Crippen molar-refractivity contribution in [2.24, 2.45) is 0 Å². The highest BCUT2D eigenvalue weighted by Crippen LogP contribution is 2.34. The number of Topliss-reactive ketones (excluding diaryl/α,β-unsaturated/α-hetero) is 1. The van der Waals surface area contributed by atoms with E-state index in [2.05, 4.69) is 71.1 Å². The zero-order chi connectivity index (χ0) is 18.4. The number of carbonyl (C=O) groups excluding carboxylic acids is 2.